The summed E-state index contributed by atoms with van der Waals surface area (Å²) in [5.41, 5.74) is 10.3. The van der Waals surface area contributed by atoms with Crippen molar-refractivity contribution < 1.29 is 9.53 Å². The molecule has 4 rings (SSSR count). The van der Waals surface area contributed by atoms with Gasteiger partial charge in [-0.15, -0.1) is 11.8 Å². The van der Waals surface area contributed by atoms with Gasteiger partial charge in [-0.1, -0.05) is 6.07 Å². The van der Waals surface area contributed by atoms with Gasteiger partial charge in [-0.2, -0.15) is 0 Å². The number of nitrogens with one attached hydrogen (secondary N) is 2. The van der Waals surface area contributed by atoms with E-state index in [-0.39, 0.29) is 24.2 Å². The highest BCUT2D eigenvalue weighted by molar-refractivity contribution is 7.99. The molecule has 4 bridgehead atoms. The van der Waals surface area contributed by atoms with Crippen LogP contribution in [0.15, 0.2) is 23.2 Å². The quantitative estimate of drug-likeness (QED) is 0.461. The number of carbonyl (C=O) groups excluding carboxylic acids is 1. The summed E-state index contributed by atoms with van der Waals surface area (Å²) in [7, 11) is 0. The third kappa shape index (κ3) is 4.29. The summed E-state index contributed by atoms with van der Waals surface area (Å²) in [5.74, 6) is 1.04. The summed E-state index contributed by atoms with van der Waals surface area (Å²) >= 11 is 1.63. The molecule has 0 aliphatic carbocycles. The molecule has 0 radical (unpaired) electrons. The normalized spacial score (nSPS) is 22.7. The molecular weight excluding hydrogens is 374 g/mol. The van der Waals surface area contributed by atoms with E-state index in [2.05, 4.69) is 20.6 Å². The average molecular weight is 400 g/mol. The Balaban J connectivity index is 1.68. The molecule has 1 aromatic heterocycles. The van der Waals surface area contributed by atoms with E-state index in [4.69, 9.17) is 10.5 Å². The fourth-order valence-electron chi connectivity index (χ4n) is 3.53. The first-order valence-corrected chi connectivity index (χ1v) is 10.6. The molecule has 1 aromatic carbocycles. The van der Waals surface area contributed by atoms with Crippen LogP contribution in [0.3, 0.4) is 0 Å². The lowest BCUT2D eigenvalue weighted by Gasteiger charge is -2.13. The lowest BCUT2D eigenvalue weighted by Crippen LogP contribution is -2.26. The Kier molecular flexibility index (Phi) is 5.52. The first-order chi connectivity index (χ1) is 13.5. The van der Waals surface area contributed by atoms with Gasteiger partial charge in [0.25, 0.3) is 5.91 Å². The molecule has 1 fully saturated rings. The zero-order valence-corrected chi connectivity index (χ0v) is 16.9. The van der Waals surface area contributed by atoms with Crippen LogP contribution < -0.4 is 16.4 Å². The number of nitrogen functional groups attached to an aromatic ring is 1. The number of carbonyl (C=O) groups is 1. The largest absolute Gasteiger partial charge is 0.368 e. The molecule has 2 aliphatic heterocycles. The van der Waals surface area contributed by atoms with E-state index in [1.165, 1.54) is 0 Å². The number of nitrogens with two attached hydrogens (primary N) is 1. The number of rotatable bonds is 0. The zero-order chi connectivity index (χ0) is 19.7. The summed E-state index contributed by atoms with van der Waals surface area (Å²) in [6.07, 6.45) is 2.19. The maximum atomic E-state index is 12.7. The molecule has 28 heavy (non-hydrogen) atoms. The number of benzene rings is 1. The van der Waals surface area contributed by atoms with Crippen LogP contribution in [-0.4, -0.2) is 47.0 Å². The lowest BCUT2D eigenvalue weighted by atomic mass is 9.97. The number of aromatic nitrogens is 2. The van der Waals surface area contributed by atoms with Crippen molar-refractivity contribution in [3.05, 3.63) is 34.9 Å². The minimum atomic E-state index is -0.0638. The van der Waals surface area contributed by atoms with Crippen LogP contribution in [0.5, 0.6) is 0 Å². The van der Waals surface area contributed by atoms with E-state index in [0.717, 1.165) is 52.5 Å². The first-order valence-electron chi connectivity index (χ1n) is 9.57. The van der Waals surface area contributed by atoms with E-state index < -0.39 is 0 Å². The second-order valence-corrected chi connectivity index (χ2v) is 8.34. The first kappa shape index (κ1) is 19.2. The number of nitrogens with zero attached hydrogens (tertiary/aromatic N) is 2. The van der Waals surface area contributed by atoms with Crippen molar-refractivity contribution >= 4 is 23.6 Å². The topological polar surface area (TPSA) is 105 Å². The van der Waals surface area contributed by atoms with Crippen LogP contribution in [0.25, 0.3) is 11.3 Å². The molecule has 0 spiro atoms. The summed E-state index contributed by atoms with van der Waals surface area (Å²) in [6.45, 7) is 5.44. The second kappa shape index (κ2) is 8.06. The molecule has 2 atom stereocenters. The molecule has 3 heterocycles. The number of hydrogen-bond donors (Lipinski definition) is 3. The zero-order valence-electron chi connectivity index (χ0n) is 16.1. The minimum absolute atomic E-state index is 0.0638. The van der Waals surface area contributed by atoms with Crippen molar-refractivity contribution in [1.29, 1.82) is 0 Å². The molecule has 8 heteroatoms. The Labute approximate surface area is 168 Å². The monoisotopic (exact) mass is 399 g/mol. The molecule has 0 saturated carbocycles. The number of aryl methyl sites for hydroxylation is 2. The van der Waals surface area contributed by atoms with E-state index >= 15 is 0 Å². The number of amides is 1. The number of ether oxygens (including phenoxy) is 1. The minimum Gasteiger partial charge on any atom is -0.368 e. The Morgan fingerprint density at radius 1 is 1.14 bits per heavy atom. The average Bonchev–Trinajstić information content (AvgIpc) is 3.39. The standard InChI is InChI=1S/C20H25N5O2S/c1-11-8-12(2)14-9-13(11)15-10-17(25-20(21)24-15)28-7-6-23-19-16(27-19)4-3-5-22-18(14)26/h8-10,16,19,23H,3-7H2,1-2H3,(H,22,26)(H2,21,24,25). The maximum Gasteiger partial charge on any atom is 0.251 e. The molecule has 4 N–H and O–H groups in total. The predicted octanol–water partition coefficient (Wildman–Crippen LogP) is 2.27. The number of hydrogen-bond acceptors (Lipinski definition) is 7. The number of anilines is 1. The summed E-state index contributed by atoms with van der Waals surface area (Å²) in [5, 5.41) is 7.25. The van der Waals surface area contributed by atoms with Crippen molar-refractivity contribution in [3.8, 4) is 11.3 Å². The van der Waals surface area contributed by atoms with Crippen molar-refractivity contribution in [3.63, 3.8) is 0 Å². The van der Waals surface area contributed by atoms with E-state index in [1.807, 2.05) is 32.0 Å². The number of fused-ring (bicyclic) bond motifs is 6. The number of epoxide rings is 1. The van der Waals surface area contributed by atoms with Crippen LogP contribution >= 0.6 is 11.8 Å². The van der Waals surface area contributed by atoms with E-state index in [1.54, 1.807) is 11.8 Å². The maximum absolute atomic E-state index is 12.7. The summed E-state index contributed by atoms with van der Waals surface area (Å²) in [6, 6.07) is 5.88. The highest BCUT2D eigenvalue weighted by Crippen LogP contribution is 2.29. The highest BCUT2D eigenvalue weighted by Gasteiger charge is 2.37. The summed E-state index contributed by atoms with van der Waals surface area (Å²) < 4.78 is 5.64. The van der Waals surface area contributed by atoms with Gasteiger partial charge in [0.05, 0.1) is 11.8 Å². The van der Waals surface area contributed by atoms with Crippen LogP contribution in [0.2, 0.25) is 0 Å². The smallest absolute Gasteiger partial charge is 0.251 e. The van der Waals surface area contributed by atoms with Crippen LogP contribution in [-0.2, 0) is 4.74 Å². The van der Waals surface area contributed by atoms with Gasteiger partial charge in [0.15, 0.2) is 0 Å². The van der Waals surface area contributed by atoms with Crippen LogP contribution in [0.4, 0.5) is 5.95 Å². The van der Waals surface area contributed by atoms with Crippen molar-refractivity contribution in [2.45, 2.75) is 44.0 Å². The Hall–Kier alpha value is -2.16. The molecular formula is C20H25N5O2S. The SMILES string of the molecule is Cc1cc(C)c2cc1C(=O)NCCCC1OC1NCCSc1cc-2nc(N)n1. The van der Waals surface area contributed by atoms with Gasteiger partial charge in [-0.25, -0.2) is 9.97 Å². The molecule has 1 amide bonds. The molecule has 148 valence electrons. The van der Waals surface area contributed by atoms with Gasteiger partial charge in [-0.05, 0) is 49.9 Å². The molecule has 2 unspecified atom stereocenters. The Bertz CT molecular complexity index is 904. The molecule has 1 saturated heterocycles. The van der Waals surface area contributed by atoms with Crippen LogP contribution in [0.1, 0.15) is 34.3 Å². The van der Waals surface area contributed by atoms with Gasteiger partial charge in [0.2, 0.25) is 5.95 Å². The van der Waals surface area contributed by atoms with Gasteiger partial charge >= 0.3 is 0 Å². The highest BCUT2D eigenvalue weighted by atomic mass is 32.2. The number of thioether (sulfide) groups is 1. The Morgan fingerprint density at radius 2 is 1.96 bits per heavy atom. The summed E-state index contributed by atoms with van der Waals surface area (Å²) in [4.78, 5) is 21.5. The van der Waals surface area contributed by atoms with Crippen LogP contribution in [0, 0.1) is 13.8 Å². The van der Waals surface area contributed by atoms with Gasteiger partial charge < -0.3 is 15.8 Å². The van der Waals surface area contributed by atoms with Crippen molar-refractivity contribution in [1.82, 2.24) is 20.6 Å². The fourth-order valence-corrected chi connectivity index (χ4v) is 4.31. The molecule has 7 nitrogen and oxygen atoms in total. The van der Waals surface area contributed by atoms with E-state index in [0.29, 0.717) is 12.1 Å². The Morgan fingerprint density at radius 3 is 2.82 bits per heavy atom. The van der Waals surface area contributed by atoms with Crippen molar-refractivity contribution in [2.24, 2.45) is 0 Å². The predicted molar refractivity (Wildman–Crippen MR) is 110 cm³/mol. The third-order valence-corrected chi connectivity index (χ3v) is 5.96. The third-order valence-electron chi connectivity index (χ3n) is 5.04. The fraction of sp³-hybridized carbons (Fsp3) is 0.450. The van der Waals surface area contributed by atoms with Gasteiger partial charge in [0.1, 0.15) is 11.3 Å². The van der Waals surface area contributed by atoms with Gasteiger partial charge in [0, 0.05) is 30.0 Å². The molecule has 2 aromatic rings. The lowest BCUT2D eigenvalue weighted by molar-refractivity contribution is 0.0952. The van der Waals surface area contributed by atoms with Gasteiger partial charge in [-0.3, -0.25) is 10.1 Å². The molecule has 2 aliphatic rings. The van der Waals surface area contributed by atoms with Crippen molar-refractivity contribution in [2.75, 3.05) is 24.6 Å². The second-order valence-electron chi connectivity index (χ2n) is 7.23. The van der Waals surface area contributed by atoms with E-state index in [9.17, 15) is 4.79 Å².